The Morgan fingerprint density at radius 1 is 1.33 bits per heavy atom. The highest BCUT2D eigenvalue weighted by Crippen LogP contribution is 2.24. The molecule has 1 aliphatic rings. The van der Waals surface area contributed by atoms with Crippen LogP contribution >= 0.6 is 0 Å². The maximum Gasteiger partial charge on any atom is 0.133 e. The minimum Gasteiger partial charge on any atom is -0.392 e. The Balaban J connectivity index is 2.02. The second-order valence-electron chi connectivity index (χ2n) is 6.05. The largest absolute Gasteiger partial charge is 0.392 e. The molecule has 2 rings (SSSR count). The Morgan fingerprint density at radius 2 is 2.10 bits per heavy atom. The molecule has 0 radical (unpaired) electrons. The minimum absolute atomic E-state index is 0.370. The molecule has 1 aromatic heterocycles. The topological polar surface area (TPSA) is 61.3 Å². The molecule has 2 N–H and O–H groups in total. The van der Waals surface area contributed by atoms with Crippen molar-refractivity contribution in [1.82, 2.24) is 14.9 Å². The minimum atomic E-state index is -0.370. The van der Waals surface area contributed by atoms with Gasteiger partial charge in [0.2, 0.25) is 0 Å². The van der Waals surface area contributed by atoms with Crippen LogP contribution < -0.4 is 5.32 Å². The number of fused-ring (bicyclic) bond motifs is 1. The predicted molar refractivity (Wildman–Crippen MR) is 85.3 cm³/mol. The van der Waals surface area contributed by atoms with Crippen molar-refractivity contribution in [3.05, 3.63) is 17.6 Å². The van der Waals surface area contributed by atoms with Crippen LogP contribution in [0, 0.1) is 5.92 Å². The van der Waals surface area contributed by atoms with Crippen molar-refractivity contribution in [2.75, 3.05) is 25.0 Å². The second-order valence-corrected chi connectivity index (χ2v) is 6.05. The molecule has 0 bridgehead atoms. The number of aliphatic hydroxyl groups is 1. The zero-order chi connectivity index (χ0) is 15.2. The van der Waals surface area contributed by atoms with Gasteiger partial charge in [-0.15, -0.1) is 0 Å². The first kappa shape index (κ1) is 16.2. The van der Waals surface area contributed by atoms with Crippen LogP contribution in [-0.4, -0.2) is 45.7 Å². The van der Waals surface area contributed by atoms with Crippen molar-refractivity contribution in [3.63, 3.8) is 0 Å². The van der Waals surface area contributed by atoms with Crippen molar-refractivity contribution in [3.8, 4) is 0 Å². The van der Waals surface area contributed by atoms with Crippen LogP contribution in [0.3, 0.4) is 0 Å². The van der Waals surface area contributed by atoms with Crippen molar-refractivity contribution in [2.45, 2.75) is 52.7 Å². The molecule has 2 heterocycles. The number of aliphatic hydroxyl groups excluding tert-OH is 1. The molecular formula is C16H28N4O. The molecule has 0 amide bonds. The van der Waals surface area contributed by atoms with E-state index in [1.165, 1.54) is 18.4 Å². The standard InChI is InChI=1S/C16H28N4O/c1-4-13(5-2)9-20-7-6-14-15(10-20)18-11-19-16(14)17-8-12(3)21/h11-13,21H,4-10H2,1-3H3,(H,17,18,19). The monoisotopic (exact) mass is 292 g/mol. The molecule has 1 unspecified atom stereocenters. The van der Waals surface area contributed by atoms with E-state index in [-0.39, 0.29) is 6.10 Å². The summed E-state index contributed by atoms with van der Waals surface area (Å²) in [6.45, 7) is 9.99. The molecule has 0 spiro atoms. The molecule has 118 valence electrons. The SMILES string of the molecule is CCC(CC)CN1CCc2c(ncnc2NCC(C)O)C1. The predicted octanol–water partition coefficient (Wildman–Crippen LogP) is 2.06. The van der Waals surface area contributed by atoms with E-state index in [9.17, 15) is 5.11 Å². The first-order valence-electron chi connectivity index (χ1n) is 8.11. The summed E-state index contributed by atoms with van der Waals surface area (Å²) in [5.74, 6) is 1.67. The summed E-state index contributed by atoms with van der Waals surface area (Å²) in [4.78, 5) is 11.3. The van der Waals surface area contributed by atoms with Crippen LogP contribution in [0.25, 0.3) is 0 Å². The zero-order valence-electron chi connectivity index (χ0n) is 13.5. The molecule has 1 aromatic rings. The lowest BCUT2D eigenvalue weighted by Gasteiger charge is -2.31. The molecule has 21 heavy (non-hydrogen) atoms. The lowest BCUT2D eigenvalue weighted by atomic mass is 10.00. The number of anilines is 1. The maximum atomic E-state index is 9.40. The Hall–Kier alpha value is -1.20. The summed E-state index contributed by atoms with van der Waals surface area (Å²) in [6, 6.07) is 0. The number of rotatable bonds is 7. The molecule has 5 nitrogen and oxygen atoms in total. The van der Waals surface area contributed by atoms with E-state index in [0.29, 0.717) is 6.54 Å². The van der Waals surface area contributed by atoms with E-state index < -0.39 is 0 Å². The van der Waals surface area contributed by atoms with Gasteiger partial charge in [0.25, 0.3) is 0 Å². The average molecular weight is 292 g/mol. The summed E-state index contributed by atoms with van der Waals surface area (Å²) in [7, 11) is 0. The van der Waals surface area contributed by atoms with Gasteiger partial charge in [-0.2, -0.15) is 0 Å². The molecule has 0 fully saturated rings. The molecule has 5 heteroatoms. The van der Waals surface area contributed by atoms with E-state index in [2.05, 4.69) is 34.0 Å². The molecule has 0 aromatic carbocycles. The van der Waals surface area contributed by atoms with E-state index in [0.717, 1.165) is 43.5 Å². The van der Waals surface area contributed by atoms with E-state index >= 15 is 0 Å². The quantitative estimate of drug-likeness (QED) is 0.805. The zero-order valence-corrected chi connectivity index (χ0v) is 13.5. The van der Waals surface area contributed by atoms with Crippen molar-refractivity contribution in [2.24, 2.45) is 5.92 Å². The first-order chi connectivity index (χ1) is 10.1. The highest BCUT2D eigenvalue weighted by Gasteiger charge is 2.22. The lowest BCUT2D eigenvalue weighted by Crippen LogP contribution is -2.35. The summed E-state index contributed by atoms with van der Waals surface area (Å²) in [6.07, 6.45) is 4.73. The molecule has 1 aliphatic heterocycles. The number of aromatic nitrogens is 2. The van der Waals surface area contributed by atoms with Gasteiger partial charge in [0.1, 0.15) is 12.1 Å². The third-order valence-corrected chi connectivity index (χ3v) is 4.32. The molecule has 0 saturated heterocycles. The number of nitrogens with one attached hydrogen (secondary N) is 1. The fourth-order valence-electron chi connectivity index (χ4n) is 2.87. The van der Waals surface area contributed by atoms with E-state index in [4.69, 9.17) is 0 Å². The Morgan fingerprint density at radius 3 is 2.76 bits per heavy atom. The van der Waals surface area contributed by atoms with Gasteiger partial charge in [0.05, 0.1) is 11.8 Å². The van der Waals surface area contributed by atoms with Crippen LogP contribution in [0.2, 0.25) is 0 Å². The van der Waals surface area contributed by atoms with Crippen molar-refractivity contribution < 1.29 is 5.11 Å². The summed E-state index contributed by atoms with van der Waals surface area (Å²) < 4.78 is 0. The smallest absolute Gasteiger partial charge is 0.133 e. The lowest BCUT2D eigenvalue weighted by molar-refractivity contribution is 0.203. The normalized spacial score (nSPS) is 16.8. The van der Waals surface area contributed by atoms with Gasteiger partial charge in [0.15, 0.2) is 0 Å². The third kappa shape index (κ3) is 4.38. The number of hydrogen-bond donors (Lipinski definition) is 2. The molecular weight excluding hydrogens is 264 g/mol. The van der Waals surface area contributed by atoms with Crippen LogP contribution in [0.15, 0.2) is 6.33 Å². The number of hydrogen-bond acceptors (Lipinski definition) is 5. The van der Waals surface area contributed by atoms with Crippen molar-refractivity contribution in [1.29, 1.82) is 0 Å². The van der Waals surface area contributed by atoms with E-state index in [1.54, 1.807) is 13.3 Å². The van der Waals surface area contributed by atoms with Gasteiger partial charge in [-0.3, -0.25) is 4.90 Å². The summed E-state index contributed by atoms with van der Waals surface area (Å²) in [5.41, 5.74) is 2.36. The molecule has 0 saturated carbocycles. The van der Waals surface area contributed by atoms with Crippen LogP contribution in [0.1, 0.15) is 44.9 Å². The van der Waals surface area contributed by atoms with Gasteiger partial charge >= 0.3 is 0 Å². The van der Waals surface area contributed by atoms with Crippen LogP contribution in [-0.2, 0) is 13.0 Å². The van der Waals surface area contributed by atoms with Gasteiger partial charge in [-0.25, -0.2) is 9.97 Å². The fraction of sp³-hybridized carbons (Fsp3) is 0.750. The highest BCUT2D eigenvalue weighted by molar-refractivity contribution is 5.47. The first-order valence-corrected chi connectivity index (χ1v) is 8.11. The van der Waals surface area contributed by atoms with Crippen LogP contribution in [0.4, 0.5) is 5.82 Å². The number of nitrogens with zero attached hydrogens (tertiary/aromatic N) is 3. The highest BCUT2D eigenvalue weighted by atomic mass is 16.3. The van der Waals surface area contributed by atoms with Crippen LogP contribution in [0.5, 0.6) is 0 Å². The Labute approximate surface area is 127 Å². The Kier molecular flexibility index (Phi) is 5.94. The van der Waals surface area contributed by atoms with Gasteiger partial charge < -0.3 is 10.4 Å². The van der Waals surface area contributed by atoms with Crippen molar-refractivity contribution >= 4 is 5.82 Å². The second kappa shape index (κ2) is 7.71. The molecule has 1 atom stereocenters. The fourth-order valence-corrected chi connectivity index (χ4v) is 2.87. The maximum absolute atomic E-state index is 9.40. The van der Waals surface area contributed by atoms with Gasteiger partial charge in [-0.1, -0.05) is 26.7 Å². The average Bonchev–Trinajstić information content (AvgIpc) is 2.50. The van der Waals surface area contributed by atoms with E-state index in [1.807, 2.05) is 0 Å². The molecule has 0 aliphatic carbocycles. The van der Waals surface area contributed by atoms with Gasteiger partial charge in [-0.05, 0) is 19.3 Å². The summed E-state index contributed by atoms with van der Waals surface area (Å²) in [5, 5.41) is 12.6. The third-order valence-electron chi connectivity index (χ3n) is 4.32. The summed E-state index contributed by atoms with van der Waals surface area (Å²) >= 11 is 0. The van der Waals surface area contributed by atoms with Gasteiger partial charge in [0, 0.05) is 31.7 Å². The Bertz CT molecular complexity index is 446.